The van der Waals surface area contributed by atoms with Gasteiger partial charge in [0, 0.05) is 44.1 Å². The second-order valence-corrected chi connectivity index (χ2v) is 6.57. The Balaban J connectivity index is 1.62. The van der Waals surface area contributed by atoms with Crippen molar-refractivity contribution in [3.8, 4) is 0 Å². The van der Waals surface area contributed by atoms with Gasteiger partial charge in [-0.3, -0.25) is 9.78 Å². The maximum atomic E-state index is 12.5. The van der Waals surface area contributed by atoms with Crippen molar-refractivity contribution < 1.29 is 4.79 Å². The van der Waals surface area contributed by atoms with E-state index < -0.39 is 0 Å². The maximum absolute atomic E-state index is 12.5. The normalized spacial score (nSPS) is 10.5. The van der Waals surface area contributed by atoms with Crippen molar-refractivity contribution in [2.45, 2.75) is 20.3 Å². The molecule has 0 saturated heterocycles. The number of hydrogen-bond acceptors (Lipinski definition) is 5. The first-order chi connectivity index (χ1) is 13.0. The number of pyridine rings is 1. The highest BCUT2D eigenvalue weighted by Gasteiger charge is 2.11. The minimum atomic E-state index is -0.213. The standard InChI is InChI=1S/C21H23N5O/c1-15-4-5-16(2)19(12-15)25-20(27)18-13-23-21(24-14-18)26(3)11-8-17-6-9-22-10-7-17/h4-7,9-10,12-14H,8,11H2,1-3H3,(H,25,27). The van der Waals surface area contributed by atoms with Crippen LogP contribution in [0.15, 0.2) is 55.1 Å². The molecule has 0 aliphatic rings. The molecule has 0 atom stereocenters. The highest BCUT2D eigenvalue weighted by atomic mass is 16.1. The smallest absolute Gasteiger partial charge is 0.258 e. The van der Waals surface area contributed by atoms with Gasteiger partial charge in [-0.1, -0.05) is 12.1 Å². The molecule has 3 aromatic rings. The minimum absolute atomic E-state index is 0.213. The number of carbonyl (C=O) groups is 1. The first kappa shape index (κ1) is 18.5. The predicted octanol–water partition coefficient (Wildman–Crippen LogP) is 3.42. The summed E-state index contributed by atoms with van der Waals surface area (Å²) in [6, 6.07) is 9.95. The monoisotopic (exact) mass is 361 g/mol. The number of rotatable bonds is 6. The van der Waals surface area contributed by atoms with Crippen LogP contribution in [-0.2, 0) is 6.42 Å². The number of benzene rings is 1. The molecule has 3 rings (SSSR count). The summed E-state index contributed by atoms with van der Waals surface area (Å²) in [5.41, 5.74) is 4.56. The molecule has 1 aromatic carbocycles. The lowest BCUT2D eigenvalue weighted by Gasteiger charge is -2.17. The quantitative estimate of drug-likeness (QED) is 0.728. The molecule has 0 bridgehead atoms. The van der Waals surface area contributed by atoms with Gasteiger partial charge in [0.1, 0.15) is 0 Å². The van der Waals surface area contributed by atoms with E-state index in [0.29, 0.717) is 11.5 Å². The molecule has 0 radical (unpaired) electrons. The number of anilines is 2. The van der Waals surface area contributed by atoms with Crippen LogP contribution in [0.5, 0.6) is 0 Å². The Labute approximate surface area is 159 Å². The number of nitrogens with one attached hydrogen (secondary N) is 1. The van der Waals surface area contributed by atoms with E-state index in [4.69, 9.17) is 0 Å². The molecule has 0 unspecified atom stereocenters. The third-order valence-electron chi connectivity index (χ3n) is 4.37. The second-order valence-electron chi connectivity index (χ2n) is 6.57. The van der Waals surface area contributed by atoms with E-state index in [1.54, 1.807) is 24.8 Å². The lowest BCUT2D eigenvalue weighted by Crippen LogP contribution is -2.23. The van der Waals surface area contributed by atoms with E-state index >= 15 is 0 Å². The lowest BCUT2D eigenvalue weighted by atomic mass is 10.1. The van der Waals surface area contributed by atoms with E-state index in [9.17, 15) is 4.79 Å². The molecule has 1 amide bonds. The van der Waals surface area contributed by atoms with Crippen LogP contribution in [0.25, 0.3) is 0 Å². The van der Waals surface area contributed by atoms with Crippen molar-refractivity contribution in [1.29, 1.82) is 0 Å². The Hall–Kier alpha value is -3.28. The lowest BCUT2D eigenvalue weighted by molar-refractivity contribution is 0.102. The van der Waals surface area contributed by atoms with E-state index in [0.717, 1.165) is 29.8 Å². The molecular formula is C21H23N5O. The molecule has 0 aliphatic carbocycles. The van der Waals surface area contributed by atoms with Crippen LogP contribution >= 0.6 is 0 Å². The van der Waals surface area contributed by atoms with E-state index in [-0.39, 0.29) is 5.91 Å². The number of hydrogen-bond donors (Lipinski definition) is 1. The van der Waals surface area contributed by atoms with Gasteiger partial charge in [-0.15, -0.1) is 0 Å². The predicted molar refractivity (Wildman–Crippen MR) is 107 cm³/mol. The van der Waals surface area contributed by atoms with Crippen molar-refractivity contribution in [3.63, 3.8) is 0 Å². The van der Waals surface area contributed by atoms with Crippen LogP contribution in [0, 0.1) is 13.8 Å². The van der Waals surface area contributed by atoms with Gasteiger partial charge >= 0.3 is 0 Å². The molecular weight excluding hydrogens is 338 g/mol. The molecule has 1 N–H and O–H groups in total. The van der Waals surface area contributed by atoms with Crippen molar-refractivity contribution >= 4 is 17.5 Å². The summed E-state index contributed by atoms with van der Waals surface area (Å²) in [7, 11) is 1.94. The molecule has 0 fully saturated rings. The second kappa shape index (κ2) is 8.40. The topological polar surface area (TPSA) is 71.0 Å². The van der Waals surface area contributed by atoms with Gasteiger partial charge < -0.3 is 10.2 Å². The van der Waals surface area contributed by atoms with Gasteiger partial charge in [0.05, 0.1) is 5.56 Å². The van der Waals surface area contributed by atoms with Gasteiger partial charge in [0.2, 0.25) is 5.95 Å². The minimum Gasteiger partial charge on any atom is -0.344 e. The first-order valence-electron chi connectivity index (χ1n) is 8.83. The number of amides is 1. The van der Waals surface area contributed by atoms with Crippen LogP contribution < -0.4 is 10.2 Å². The SMILES string of the molecule is Cc1ccc(C)c(NC(=O)c2cnc(N(C)CCc3ccncc3)nc2)c1. The molecule has 138 valence electrons. The average molecular weight is 361 g/mol. The van der Waals surface area contributed by atoms with Crippen LogP contribution in [-0.4, -0.2) is 34.5 Å². The molecule has 27 heavy (non-hydrogen) atoms. The molecule has 6 nitrogen and oxygen atoms in total. The van der Waals surface area contributed by atoms with E-state index in [1.165, 1.54) is 5.56 Å². The van der Waals surface area contributed by atoms with Gasteiger partial charge in [0.25, 0.3) is 5.91 Å². The molecule has 0 spiro atoms. The third-order valence-corrected chi connectivity index (χ3v) is 4.37. The Kier molecular flexibility index (Phi) is 5.76. The van der Waals surface area contributed by atoms with Gasteiger partial charge in [0.15, 0.2) is 0 Å². The summed E-state index contributed by atoms with van der Waals surface area (Å²) < 4.78 is 0. The highest BCUT2D eigenvalue weighted by Crippen LogP contribution is 2.17. The number of aromatic nitrogens is 3. The Morgan fingerprint density at radius 1 is 1.07 bits per heavy atom. The molecule has 6 heteroatoms. The van der Waals surface area contributed by atoms with Gasteiger partial charge in [-0.2, -0.15) is 0 Å². The summed E-state index contributed by atoms with van der Waals surface area (Å²) in [6.45, 7) is 4.74. The summed E-state index contributed by atoms with van der Waals surface area (Å²) >= 11 is 0. The van der Waals surface area contributed by atoms with Crippen molar-refractivity contribution in [3.05, 3.63) is 77.4 Å². The largest absolute Gasteiger partial charge is 0.344 e. The van der Waals surface area contributed by atoms with E-state index in [1.807, 2.05) is 56.1 Å². The Morgan fingerprint density at radius 3 is 2.48 bits per heavy atom. The molecule has 0 aliphatic heterocycles. The van der Waals surface area contributed by atoms with Crippen LogP contribution in [0.4, 0.5) is 11.6 Å². The zero-order chi connectivity index (χ0) is 19.2. The van der Waals surface area contributed by atoms with Crippen molar-refractivity contribution in [2.24, 2.45) is 0 Å². The number of likely N-dealkylation sites (N-methyl/N-ethyl adjacent to an activating group) is 1. The zero-order valence-electron chi connectivity index (χ0n) is 15.8. The molecule has 2 heterocycles. The Morgan fingerprint density at radius 2 is 1.78 bits per heavy atom. The van der Waals surface area contributed by atoms with Crippen molar-refractivity contribution in [1.82, 2.24) is 15.0 Å². The van der Waals surface area contributed by atoms with Crippen molar-refractivity contribution in [2.75, 3.05) is 23.8 Å². The van der Waals surface area contributed by atoms with Crippen LogP contribution in [0.2, 0.25) is 0 Å². The Bertz CT molecular complexity index is 910. The fraction of sp³-hybridized carbons (Fsp3) is 0.238. The van der Waals surface area contributed by atoms with E-state index in [2.05, 4.69) is 20.3 Å². The van der Waals surface area contributed by atoms with Crippen LogP contribution in [0.3, 0.4) is 0 Å². The van der Waals surface area contributed by atoms with Crippen LogP contribution in [0.1, 0.15) is 27.0 Å². The summed E-state index contributed by atoms with van der Waals surface area (Å²) in [5.74, 6) is 0.377. The average Bonchev–Trinajstić information content (AvgIpc) is 2.70. The molecule has 0 saturated carbocycles. The fourth-order valence-electron chi connectivity index (χ4n) is 2.65. The van der Waals surface area contributed by atoms with Gasteiger partial charge in [-0.25, -0.2) is 9.97 Å². The highest BCUT2D eigenvalue weighted by molar-refractivity contribution is 6.04. The number of aryl methyl sites for hydroxylation is 2. The number of nitrogens with zero attached hydrogens (tertiary/aromatic N) is 4. The fourth-order valence-corrected chi connectivity index (χ4v) is 2.65. The summed E-state index contributed by atoms with van der Waals surface area (Å²) in [4.78, 5) is 27.1. The summed E-state index contributed by atoms with van der Waals surface area (Å²) in [6.07, 6.45) is 7.57. The third kappa shape index (κ3) is 4.88. The summed E-state index contributed by atoms with van der Waals surface area (Å²) in [5, 5.41) is 2.92. The number of carbonyl (C=O) groups excluding carboxylic acids is 1. The maximum Gasteiger partial charge on any atom is 0.258 e. The zero-order valence-corrected chi connectivity index (χ0v) is 15.8. The van der Waals surface area contributed by atoms with Gasteiger partial charge in [-0.05, 0) is 55.2 Å². The molecule has 2 aromatic heterocycles. The first-order valence-corrected chi connectivity index (χ1v) is 8.83.